The van der Waals surface area contributed by atoms with Crippen LogP contribution in [0.25, 0.3) is 0 Å². The maximum Gasteiger partial charge on any atom is 0.345 e. The lowest BCUT2D eigenvalue weighted by molar-refractivity contribution is -0.114. The standard InChI is InChI=1S/C20H27N5O3/c1-13(2)25-18(22-23(4)20(25)28)16-6-5-11-24(12-16)19(27)15-7-9-17(10-8-15)21-14(3)26/h7-10,13,16H,5-6,11-12H2,1-4H3,(H,21,26). The molecule has 8 nitrogen and oxygen atoms in total. The fraction of sp³-hybridized carbons (Fsp3) is 0.500. The number of piperidine rings is 1. The molecule has 28 heavy (non-hydrogen) atoms. The molecule has 2 heterocycles. The zero-order valence-electron chi connectivity index (χ0n) is 16.8. The molecule has 3 rings (SSSR count). The molecule has 2 aromatic rings. The lowest BCUT2D eigenvalue weighted by Crippen LogP contribution is -2.40. The van der Waals surface area contributed by atoms with Gasteiger partial charge in [-0.3, -0.25) is 14.2 Å². The Morgan fingerprint density at radius 3 is 2.50 bits per heavy atom. The van der Waals surface area contributed by atoms with Gasteiger partial charge in [-0.25, -0.2) is 9.48 Å². The Bertz CT molecular complexity index is 926. The van der Waals surface area contributed by atoms with Crippen LogP contribution in [0, 0.1) is 0 Å². The Balaban J connectivity index is 1.78. The minimum Gasteiger partial charge on any atom is -0.338 e. The molecule has 1 saturated heterocycles. The van der Waals surface area contributed by atoms with E-state index in [2.05, 4.69) is 10.4 Å². The van der Waals surface area contributed by atoms with Gasteiger partial charge in [-0.05, 0) is 51.0 Å². The average Bonchev–Trinajstić information content (AvgIpc) is 2.96. The van der Waals surface area contributed by atoms with Gasteiger partial charge in [0.15, 0.2) is 0 Å². The lowest BCUT2D eigenvalue weighted by Gasteiger charge is -2.32. The first-order valence-electron chi connectivity index (χ1n) is 9.60. The summed E-state index contributed by atoms with van der Waals surface area (Å²) in [7, 11) is 1.66. The average molecular weight is 385 g/mol. The molecule has 1 aliphatic heterocycles. The third-order valence-electron chi connectivity index (χ3n) is 5.02. The molecular weight excluding hydrogens is 358 g/mol. The molecule has 2 amide bonds. The molecule has 1 atom stereocenters. The number of hydrogen-bond acceptors (Lipinski definition) is 4. The maximum absolute atomic E-state index is 12.9. The molecule has 0 bridgehead atoms. The Hall–Kier alpha value is -2.90. The van der Waals surface area contributed by atoms with Crippen LogP contribution in [0.5, 0.6) is 0 Å². The predicted molar refractivity (Wildman–Crippen MR) is 106 cm³/mol. The van der Waals surface area contributed by atoms with Crippen molar-refractivity contribution in [3.8, 4) is 0 Å². The van der Waals surface area contributed by atoms with Crippen molar-refractivity contribution >= 4 is 17.5 Å². The third kappa shape index (κ3) is 4.00. The number of amides is 2. The van der Waals surface area contributed by atoms with Crippen molar-refractivity contribution in [2.45, 2.75) is 45.6 Å². The van der Waals surface area contributed by atoms with Crippen LogP contribution in [-0.4, -0.2) is 44.2 Å². The summed E-state index contributed by atoms with van der Waals surface area (Å²) >= 11 is 0. The van der Waals surface area contributed by atoms with Gasteiger partial charge >= 0.3 is 5.69 Å². The van der Waals surface area contributed by atoms with Crippen molar-refractivity contribution in [2.75, 3.05) is 18.4 Å². The van der Waals surface area contributed by atoms with Gasteiger partial charge in [0.1, 0.15) is 5.82 Å². The molecule has 1 aliphatic rings. The second-order valence-electron chi connectivity index (χ2n) is 7.58. The van der Waals surface area contributed by atoms with E-state index in [4.69, 9.17) is 0 Å². The van der Waals surface area contributed by atoms with Crippen molar-refractivity contribution in [2.24, 2.45) is 7.05 Å². The van der Waals surface area contributed by atoms with Crippen molar-refractivity contribution in [3.05, 3.63) is 46.1 Å². The molecule has 0 saturated carbocycles. The second-order valence-corrected chi connectivity index (χ2v) is 7.58. The van der Waals surface area contributed by atoms with Crippen LogP contribution in [0.3, 0.4) is 0 Å². The van der Waals surface area contributed by atoms with E-state index in [9.17, 15) is 14.4 Å². The Morgan fingerprint density at radius 2 is 1.89 bits per heavy atom. The molecule has 1 unspecified atom stereocenters. The molecule has 0 aliphatic carbocycles. The number of carbonyl (C=O) groups excluding carboxylic acids is 2. The zero-order chi connectivity index (χ0) is 20.4. The zero-order valence-corrected chi connectivity index (χ0v) is 16.8. The van der Waals surface area contributed by atoms with Crippen LogP contribution in [0.1, 0.15) is 61.8 Å². The Kier molecular flexibility index (Phi) is 5.67. The number of nitrogens with one attached hydrogen (secondary N) is 1. The normalized spacial score (nSPS) is 17.0. The number of aromatic nitrogens is 3. The largest absolute Gasteiger partial charge is 0.345 e. The molecule has 1 aromatic carbocycles. The third-order valence-corrected chi connectivity index (χ3v) is 5.02. The highest BCUT2D eigenvalue weighted by molar-refractivity contribution is 5.95. The summed E-state index contributed by atoms with van der Waals surface area (Å²) in [5.74, 6) is 0.589. The number of carbonyl (C=O) groups is 2. The maximum atomic E-state index is 12.9. The van der Waals surface area contributed by atoms with Crippen LogP contribution < -0.4 is 11.0 Å². The van der Waals surface area contributed by atoms with Gasteiger partial charge in [0.2, 0.25) is 5.91 Å². The van der Waals surface area contributed by atoms with E-state index in [-0.39, 0.29) is 29.5 Å². The number of nitrogens with zero attached hydrogens (tertiary/aromatic N) is 4. The van der Waals surface area contributed by atoms with Gasteiger partial charge in [0.05, 0.1) is 0 Å². The van der Waals surface area contributed by atoms with Crippen molar-refractivity contribution in [3.63, 3.8) is 0 Å². The van der Waals surface area contributed by atoms with E-state index in [1.54, 1.807) is 35.9 Å². The van der Waals surface area contributed by atoms with E-state index in [0.29, 0.717) is 24.3 Å². The number of benzene rings is 1. The van der Waals surface area contributed by atoms with Crippen LogP contribution >= 0.6 is 0 Å². The summed E-state index contributed by atoms with van der Waals surface area (Å²) in [6.07, 6.45) is 1.76. The van der Waals surface area contributed by atoms with Crippen LogP contribution in [0.4, 0.5) is 5.69 Å². The first-order chi connectivity index (χ1) is 13.3. The minimum atomic E-state index is -0.149. The second kappa shape index (κ2) is 8.00. The monoisotopic (exact) mass is 385 g/mol. The molecule has 150 valence electrons. The molecule has 1 fully saturated rings. The van der Waals surface area contributed by atoms with Crippen LogP contribution in [0.15, 0.2) is 29.1 Å². The number of aryl methyl sites for hydroxylation is 1. The number of hydrogen-bond donors (Lipinski definition) is 1. The highest BCUT2D eigenvalue weighted by Crippen LogP contribution is 2.27. The summed E-state index contributed by atoms with van der Waals surface area (Å²) in [6, 6.07) is 6.92. The van der Waals surface area contributed by atoms with E-state index < -0.39 is 0 Å². The fourth-order valence-corrected chi connectivity index (χ4v) is 3.72. The quantitative estimate of drug-likeness (QED) is 0.873. The summed E-state index contributed by atoms with van der Waals surface area (Å²) < 4.78 is 3.09. The molecule has 1 N–H and O–H groups in total. The highest BCUT2D eigenvalue weighted by Gasteiger charge is 2.30. The first kappa shape index (κ1) is 19.9. The number of anilines is 1. The van der Waals surface area contributed by atoms with Gasteiger partial charge in [-0.15, -0.1) is 0 Å². The van der Waals surface area contributed by atoms with Crippen molar-refractivity contribution in [1.29, 1.82) is 0 Å². The number of rotatable bonds is 4. The molecule has 8 heteroatoms. The van der Waals surface area contributed by atoms with Crippen molar-refractivity contribution in [1.82, 2.24) is 19.2 Å². The minimum absolute atomic E-state index is 0.0172. The molecule has 0 spiro atoms. The summed E-state index contributed by atoms with van der Waals surface area (Å²) in [5, 5.41) is 7.15. The SMILES string of the molecule is CC(=O)Nc1ccc(C(=O)N2CCCC(c3nn(C)c(=O)n3C(C)C)C2)cc1. The van der Waals surface area contributed by atoms with Gasteiger partial charge in [-0.1, -0.05) is 0 Å². The van der Waals surface area contributed by atoms with Crippen molar-refractivity contribution < 1.29 is 9.59 Å². The van der Waals surface area contributed by atoms with Gasteiger partial charge in [0.25, 0.3) is 5.91 Å². The Morgan fingerprint density at radius 1 is 1.21 bits per heavy atom. The smallest absolute Gasteiger partial charge is 0.338 e. The number of likely N-dealkylation sites (tertiary alicyclic amines) is 1. The molecule has 1 aromatic heterocycles. The predicted octanol–water partition coefficient (Wildman–Crippen LogP) is 2.14. The first-order valence-corrected chi connectivity index (χ1v) is 9.60. The topological polar surface area (TPSA) is 89.2 Å². The van der Waals surface area contributed by atoms with E-state index in [1.165, 1.54) is 11.6 Å². The van der Waals surface area contributed by atoms with Crippen LogP contribution in [0.2, 0.25) is 0 Å². The van der Waals surface area contributed by atoms with E-state index in [0.717, 1.165) is 18.7 Å². The van der Waals surface area contributed by atoms with Gasteiger partial charge in [0, 0.05) is 50.3 Å². The van der Waals surface area contributed by atoms with Gasteiger partial charge in [-0.2, -0.15) is 5.10 Å². The van der Waals surface area contributed by atoms with Gasteiger partial charge < -0.3 is 10.2 Å². The summed E-state index contributed by atoms with van der Waals surface area (Å²) in [5.41, 5.74) is 1.12. The Labute approximate surface area is 164 Å². The highest BCUT2D eigenvalue weighted by atomic mass is 16.2. The fourth-order valence-electron chi connectivity index (χ4n) is 3.72. The summed E-state index contributed by atoms with van der Waals surface area (Å²) in [6.45, 7) is 6.60. The molecule has 0 radical (unpaired) electrons. The van der Waals surface area contributed by atoms with Crippen LogP contribution in [-0.2, 0) is 11.8 Å². The van der Waals surface area contributed by atoms with E-state index in [1.807, 2.05) is 18.7 Å². The summed E-state index contributed by atoms with van der Waals surface area (Å²) in [4.78, 5) is 38.3. The lowest BCUT2D eigenvalue weighted by atomic mass is 9.96. The van der Waals surface area contributed by atoms with E-state index >= 15 is 0 Å². The molecular formula is C20H27N5O3.